The highest BCUT2D eigenvalue weighted by atomic mass is 16.6. The van der Waals surface area contributed by atoms with Crippen LogP contribution in [0.3, 0.4) is 0 Å². The number of carbonyl (C=O) groups excluding carboxylic acids is 1. The second-order valence-corrected chi connectivity index (χ2v) is 6.24. The van der Waals surface area contributed by atoms with Crippen LogP contribution in [0.1, 0.15) is 12.5 Å². The first kappa shape index (κ1) is 21.1. The fraction of sp³-hybridized carbons (Fsp3) is 0.286. The molecule has 148 valence electrons. The molecule has 0 aliphatic rings. The SMILES string of the molecule is C=C(C)C(=O)OC(COC)COc1ccc(N=Nc2ccc(O)cc2C)cc1. The van der Waals surface area contributed by atoms with Crippen molar-refractivity contribution in [3.05, 3.63) is 60.2 Å². The number of nitrogens with zero attached hydrogens (tertiary/aromatic N) is 2. The average molecular weight is 384 g/mol. The topological polar surface area (TPSA) is 89.7 Å². The molecule has 2 aromatic carbocycles. The maximum Gasteiger partial charge on any atom is 0.333 e. The van der Waals surface area contributed by atoms with Gasteiger partial charge in [-0.15, -0.1) is 0 Å². The lowest BCUT2D eigenvalue weighted by Gasteiger charge is -2.17. The third kappa shape index (κ3) is 6.51. The molecular formula is C21H24N2O5. The van der Waals surface area contributed by atoms with E-state index in [1.54, 1.807) is 49.4 Å². The third-order valence-electron chi connectivity index (χ3n) is 3.70. The Morgan fingerprint density at radius 1 is 1.14 bits per heavy atom. The highest BCUT2D eigenvalue weighted by molar-refractivity contribution is 5.87. The van der Waals surface area contributed by atoms with E-state index in [0.29, 0.717) is 22.7 Å². The Kier molecular flexibility index (Phi) is 7.71. The molecule has 2 aromatic rings. The number of azo groups is 1. The molecule has 2 rings (SSSR count). The summed E-state index contributed by atoms with van der Waals surface area (Å²) in [5.41, 5.74) is 2.48. The van der Waals surface area contributed by atoms with Gasteiger partial charge < -0.3 is 19.3 Å². The van der Waals surface area contributed by atoms with Crippen LogP contribution < -0.4 is 4.74 Å². The molecule has 0 aliphatic carbocycles. The number of methoxy groups -OCH3 is 1. The molecule has 1 atom stereocenters. The fourth-order valence-corrected chi connectivity index (χ4v) is 2.22. The first-order valence-electron chi connectivity index (χ1n) is 8.68. The molecule has 0 saturated carbocycles. The zero-order chi connectivity index (χ0) is 20.5. The highest BCUT2D eigenvalue weighted by Crippen LogP contribution is 2.26. The van der Waals surface area contributed by atoms with Crippen molar-refractivity contribution in [1.29, 1.82) is 0 Å². The standard InChI is InChI=1S/C21H24N2O5/c1-14(2)21(25)28-19(12-26-4)13-27-18-8-5-16(6-9-18)22-23-20-10-7-17(24)11-15(20)3/h5-11,19,24H,1,12-13H2,2-4H3. The molecule has 7 heteroatoms. The minimum absolute atomic E-state index is 0.153. The van der Waals surface area contributed by atoms with E-state index in [1.807, 2.05) is 6.92 Å². The van der Waals surface area contributed by atoms with E-state index in [2.05, 4.69) is 16.8 Å². The number of carbonyl (C=O) groups is 1. The number of ether oxygens (including phenoxy) is 3. The summed E-state index contributed by atoms with van der Waals surface area (Å²) in [4.78, 5) is 11.6. The fourth-order valence-electron chi connectivity index (χ4n) is 2.22. The number of phenolic OH excluding ortho intramolecular Hbond substituents is 1. The molecule has 0 aliphatic heterocycles. The average Bonchev–Trinajstić information content (AvgIpc) is 2.66. The van der Waals surface area contributed by atoms with Gasteiger partial charge >= 0.3 is 5.97 Å². The van der Waals surface area contributed by atoms with Gasteiger partial charge in [-0.25, -0.2) is 4.79 Å². The lowest BCUT2D eigenvalue weighted by atomic mass is 10.2. The summed E-state index contributed by atoms with van der Waals surface area (Å²) in [6.45, 7) is 7.36. The van der Waals surface area contributed by atoms with E-state index >= 15 is 0 Å². The zero-order valence-electron chi connectivity index (χ0n) is 16.2. The van der Waals surface area contributed by atoms with Crippen molar-refractivity contribution >= 4 is 17.3 Å². The number of aryl methyl sites for hydroxylation is 1. The van der Waals surface area contributed by atoms with Gasteiger partial charge in [-0.1, -0.05) is 6.58 Å². The van der Waals surface area contributed by atoms with E-state index in [-0.39, 0.29) is 19.0 Å². The van der Waals surface area contributed by atoms with E-state index < -0.39 is 12.1 Å². The molecule has 0 bridgehead atoms. The van der Waals surface area contributed by atoms with Crippen molar-refractivity contribution in [3.63, 3.8) is 0 Å². The smallest absolute Gasteiger partial charge is 0.333 e. The first-order valence-corrected chi connectivity index (χ1v) is 8.68. The normalized spacial score (nSPS) is 12.0. The van der Waals surface area contributed by atoms with E-state index in [0.717, 1.165) is 5.56 Å². The molecular weight excluding hydrogens is 360 g/mol. The second kappa shape index (κ2) is 10.2. The summed E-state index contributed by atoms with van der Waals surface area (Å²) in [5.74, 6) is 0.317. The lowest BCUT2D eigenvalue weighted by molar-refractivity contribution is -0.148. The molecule has 0 aromatic heterocycles. The van der Waals surface area contributed by atoms with Gasteiger partial charge in [0, 0.05) is 12.7 Å². The third-order valence-corrected chi connectivity index (χ3v) is 3.70. The summed E-state index contributed by atoms with van der Waals surface area (Å²) in [5, 5.41) is 17.8. The number of hydrogen-bond acceptors (Lipinski definition) is 7. The molecule has 7 nitrogen and oxygen atoms in total. The minimum atomic E-state index is -0.536. The van der Waals surface area contributed by atoms with Crippen LogP contribution in [0.25, 0.3) is 0 Å². The van der Waals surface area contributed by atoms with Crippen LogP contribution >= 0.6 is 0 Å². The predicted molar refractivity (Wildman–Crippen MR) is 106 cm³/mol. The monoisotopic (exact) mass is 384 g/mol. The van der Waals surface area contributed by atoms with Gasteiger partial charge in [0.15, 0.2) is 6.10 Å². The van der Waals surface area contributed by atoms with Gasteiger partial charge in [0.05, 0.1) is 18.0 Å². The van der Waals surface area contributed by atoms with Gasteiger partial charge in [0.25, 0.3) is 0 Å². The van der Waals surface area contributed by atoms with Crippen molar-refractivity contribution in [2.45, 2.75) is 20.0 Å². The van der Waals surface area contributed by atoms with Crippen LogP contribution in [-0.2, 0) is 14.3 Å². The van der Waals surface area contributed by atoms with Crippen LogP contribution in [0, 0.1) is 6.92 Å². The van der Waals surface area contributed by atoms with E-state index in [1.165, 1.54) is 7.11 Å². The van der Waals surface area contributed by atoms with E-state index in [4.69, 9.17) is 14.2 Å². The van der Waals surface area contributed by atoms with Crippen molar-refractivity contribution in [2.75, 3.05) is 20.3 Å². The van der Waals surface area contributed by atoms with Gasteiger partial charge in [0.2, 0.25) is 0 Å². The van der Waals surface area contributed by atoms with Crippen molar-refractivity contribution in [3.8, 4) is 11.5 Å². The van der Waals surface area contributed by atoms with Gasteiger partial charge in [0.1, 0.15) is 18.1 Å². The lowest BCUT2D eigenvalue weighted by Crippen LogP contribution is -2.29. The number of aromatic hydroxyl groups is 1. The molecule has 0 heterocycles. The summed E-state index contributed by atoms with van der Waals surface area (Å²) in [6.07, 6.45) is -0.536. The van der Waals surface area contributed by atoms with Gasteiger partial charge in [-0.2, -0.15) is 10.2 Å². The Morgan fingerprint density at radius 3 is 2.46 bits per heavy atom. The number of rotatable bonds is 9. The molecule has 0 fully saturated rings. The summed E-state index contributed by atoms with van der Waals surface area (Å²) in [6, 6.07) is 11.9. The maximum atomic E-state index is 11.6. The van der Waals surface area contributed by atoms with Crippen molar-refractivity contribution in [2.24, 2.45) is 10.2 Å². The Hall–Kier alpha value is -3.19. The summed E-state index contributed by atoms with van der Waals surface area (Å²) >= 11 is 0. The Bertz CT molecular complexity index is 846. The van der Waals surface area contributed by atoms with Crippen molar-refractivity contribution in [1.82, 2.24) is 0 Å². The van der Waals surface area contributed by atoms with Crippen LogP contribution in [0.15, 0.2) is 64.8 Å². The number of hydrogen-bond donors (Lipinski definition) is 1. The Labute approximate surface area is 164 Å². The quantitative estimate of drug-likeness (QED) is 0.387. The molecule has 0 amide bonds. The number of esters is 1. The van der Waals surface area contributed by atoms with Crippen LogP contribution in [0.5, 0.6) is 11.5 Å². The molecule has 0 saturated heterocycles. The largest absolute Gasteiger partial charge is 0.508 e. The number of phenols is 1. The maximum absolute atomic E-state index is 11.6. The molecule has 1 N–H and O–H groups in total. The Morgan fingerprint density at radius 2 is 1.86 bits per heavy atom. The van der Waals surface area contributed by atoms with Crippen LogP contribution in [0.4, 0.5) is 11.4 Å². The molecule has 0 radical (unpaired) electrons. The first-order chi connectivity index (χ1) is 13.4. The van der Waals surface area contributed by atoms with Gasteiger partial charge in [-0.05, 0) is 61.9 Å². The molecule has 1 unspecified atom stereocenters. The second-order valence-electron chi connectivity index (χ2n) is 6.24. The minimum Gasteiger partial charge on any atom is -0.508 e. The predicted octanol–water partition coefficient (Wildman–Crippen LogP) is 4.63. The highest BCUT2D eigenvalue weighted by Gasteiger charge is 2.16. The van der Waals surface area contributed by atoms with Gasteiger partial charge in [-0.3, -0.25) is 0 Å². The van der Waals surface area contributed by atoms with Crippen LogP contribution in [-0.4, -0.2) is 37.5 Å². The summed E-state index contributed by atoms with van der Waals surface area (Å²) in [7, 11) is 1.53. The number of benzene rings is 2. The van der Waals surface area contributed by atoms with Crippen molar-refractivity contribution < 1.29 is 24.1 Å². The Balaban J connectivity index is 1.94. The van der Waals surface area contributed by atoms with E-state index in [9.17, 15) is 9.90 Å². The zero-order valence-corrected chi connectivity index (χ0v) is 16.2. The molecule has 28 heavy (non-hydrogen) atoms. The van der Waals surface area contributed by atoms with Crippen LogP contribution in [0.2, 0.25) is 0 Å². The summed E-state index contributed by atoms with van der Waals surface area (Å²) < 4.78 is 16.0. The molecule has 0 spiro atoms.